The number of aliphatic carboxylic acids is 1. The number of carboxylic acids is 1. The Labute approximate surface area is 235 Å². The predicted molar refractivity (Wildman–Crippen MR) is 154 cm³/mol. The molecular weight excluding hydrogens is 541 g/mol. The van der Waals surface area contributed by atoms with Crippen LogP contribution in [0.25, 0.3) is 22.3 Å². The summed E-state index contributed by atoms with van der Waals surface area (Å²) in [5, 5.41) is 14.0. The third-order valence-corrected chi connectivity index (χ3v) is 6.52. The van der Waals surface area contributed by atoms with Gasteiger partial charge in [0.05, 0.1) is 33.8 Å². The number of carboxylic acid groups (broad SMARTS) is 1. The van der Waals surface area contributed by atoms with Crippen molar-refractivity contribution in [2.45, 2.75) is 33.6 Å². The van der Waals surface area contributed by atoms with Gasteiger partial charge in [-0.05, 0) is 72.9 Å². The summed E-state index contributed by atoms with van der Waals surface area (Å²) in [5.74, 6) is 0.224. The van der Waals surface area contributed by atoms with Crippen molar-refractivity contribution in [1.82, 2.24) is 9.66 Å². The second kappa shape index (κ2) is 11.9. The number of carbonyl (C=O) groups is 1. The summed E-state index contributed by atoms with van der Waals surface area (Å²) in [4.78, 5) is 29.3. The Morgan fingerprint density at radius 1 is 1.13 bits per heavy atom. The van der Waals surface area contributed by atoms with Crippen LogP contribution in [0.2, 0.25) is 10.0 Å². The zero-order valence-corrected chi connectivity index (χ0v) is 23.4. The van der Waals surface area contributed by atoms with Gasteiger partial charge in [-0.3, -0.25) is 4.79 Å². The summed E-state index contributed by atoms with van der Waals surface area (Å²) in [5.41, 5.74) is 3.30. The summed E-state index contributed by atoms with van der Waals surface area (Å²) in [7, 11) is 0. The van der Waals surface area contributed by atoms with Crippen LogP contribution in [0.3, 0.4) is 0 Å². The monoisotopic (exact) mass is 567 g/mol. The summed E-state index contributed by atoms with van der Waals surface area (Å²) in [6, 6.07) is 14.1. The molecule has 4 rings (SSSR count). The standard InChI is InChI=1S/C29H27Cl2N3O5/c1-5-38-25-10-17(4)21(13-20(25)16(2)3)28-33-24-9-7-6-8-19(24)29(37)34(28)32-14-18-11-22(30)27(23(31)12-18)39-15-26(35)36/h6-14,16H,5,15H2,1-4H3,(H,35,36). The van der Waals surface area contributed by atoms with Crippen LogP contribution in [0.15, 0.2) is 58.4 Å². The van der Waals surface area contributed by atoms with E-state index in [2.05, 4.69) is 18.9 Å². The molecule has 0 aliphatic heterocycles. The Hall–Kier alpha value is -3.88. The van der Waals surface area contributed by atoms with Crippen molar-refractivity contribution in [2.24, 2.45) is 5.10 Å². The van der Waals surface area contributed by atoms with Gasteiger partial charge in [0.2, 0.25) is 0 Å². The second-order valence-corrected chi connectivity index (χ2v) is 9.92. The van der Waals surface area contributed by atoms with Crippen molar-refractivity contribution < 1.29 is 19.4 Å². The van der Waals surface area contributed by atoms with Crippen LogP contribution < -0.4 is 15.0 Å². The number of para-hydroxylation sites is 1. The van der Waals surface area contributed by atoms with E-state index in [1.807, 2.05) is 32.0 Å². The lowest BCUT2D eigenvalue weighted by molar-refractivity contribution is -0.139. The molecule has 0 bridgehead atoms. The number of hydrogen-bond donors (Lipinski definition) is 1. The highest BCUT2D eigenvalue weighted by Gasteiger charge is 2.19. The highest BCUT2D eigenvalue weighted by molar-refractivity contribution is 6.37. The van der Waals surface area contributed by atoms with Crippen LogP contribution in [0, 0.1) is 6.92 Å². The van der Waals surface area contributed by atoms with Gasteiger partial charge in [0.1, 0.15) is 5.75 Å². The molecule has 4 aromatic rings. The van der Waals surface area contributed by atoms with E-state index in [1.54, 1.807) is 18.2 Å². The van der Waals surface area contributed by atoms with Gasteiger partial charge in [-0.1, -0.05) is 49.2 Å². The molecular formula is C29H27Cl2N3O5. The minimum Gasteiger partial charge on any atom is -0.494 e. The quantitative estimate of drug-likeness (QED) is 0.230. The third-order valence-electron chi connectivity index (χ3n) is 5.96. The number of benzene rings is 3. The number of aromatic nitrogens is 2. The fourth-order valence-electron chi connectivity index (χ4n) is 4.13. The number of rotatable bonds is 9. The molecule has 10 heteroatoms. The summed E-state index contributed by atoms with van der Waals surface area (Å²) in [6.07, 6.45) is 1.44. The van der Waals surface area contributed by atoms with Crippen LogP contribution in [0.4, 0.5) is 0 Å². The van der Waals surface area contributed by atoms with E-state index in [1.165, 1.54) is 23.0 Å². The van der Waals surface area contributed by atoms with Gasteiger partial charge in [0.25, 0.3) is 5.56 Å². The van der Waals surface area contributed by atoms with Gasteiger partial charge >= 0.3 is 5.97 Å². The number of nitrogens with zero attached hydrogens (tertiary/aromatic N) is 3. The molecule has 1 aromatic heterocycles. The predicted octanol–water partition coefficient (Wildman–Crippen LogP) is 6.55. The van der Waals surface area contributed by atoms with Gasteiger partial charge in [-0.25, -0.2) is 9.78 Å². The molecule has 1 N–H and O–H groups in total. The SMILES string of the molecule is CCOc1cc(C)c(-c2nc3ccccc3c(=O)n2N=Cc2cc(Cl)c(OCC(=O)O)c(Cl)c2)cc1C(C)C. The first kappa shape index (κ1) is 28.1. The topological polar surface area (TPSA) is 103 Å². The molecule has 1 heterocycles. The molecule has 0 saturated heterocycles. The van der Waals surface area contributed by atoms with Gasteiger partial charge in [-0.15, -0.1) is 0 Å². The Bertz CT molecular complexity index is 1620. The van der Waals surface area contributed by atoms with Crippen LogP contribution in [0.5, 0.6) is 11.5 Å². The molecule has 0 aliphatic rings. The number of hydrogen-bond acceptors (Lipinski definition) is 6. The van der Waals surface area contributed by atoms with Crippen LogP contribution in [0.1, 0.15) is 43.4 Å². The van der Waals surface area contributed by atoms with E-state index in [0.717, 1.165) is 22.4 Å². The average molecular weight is 568 g/mol. The van der Waals surface area contributed by atoms with Crippen LogP contribution in [-0.2, 0) is 4.79 Å². The maximum atomic E-state index is 13.6. The molecule has 0 aliphatic carbocycles. The molecule has 0 radical (unpaired) electrons. The zero-order valence-electron chi connectivity index (χ0n) is 21.9. The minimum atomic E-state index is -1.16. The van der Waals surface area contributed by atoms with Crippen LogP contribution in [-0.4, -0.2) is 40.2 Å². The Kier molecular flexibility index (Phi) is 8.57. The highest BCUT2D eigenvalue weighted by atomic mass is 35.5. The van der Waals surface area contributed by atoms with Crippen LogP contribution >= 0.6 is 23.2 Å². The van der Waals surface area contributed by atoms with Crippen molar-refractivity contribution in [1.29, 1.82) is 0 Å². The van der Waals surface area contributed by atoms with Gasteiger partial charge < -0.3 is 14.6 Å². The van der Waals surface area contributed by atoms with Crippen molar-refractivity contribution >= 4 is 46.3 Å². The van der Waals surface area contributed by atoms with Crippen molar-refractivity contribution in [3.05, 3.63) is 85.6 Å². The van der Waals surface area contributed by atoms with E-state index in [-0.39, 0.29) is 27.3 Å². The fraction of sp³-hybridized carbons (Fsp3) is 0.241. The van der Waals surface area contributed by atoms with E-state index < -0.39 is 12.6 Å². The van der Waals surface area contributed by atoms with E-state index in [4.69, 9.17) is 42.8 Å². The molecule has 3 aromatic carbocycles. The first-order valence-electron chi connectivity index (χ1n) is 12.3. The molecule has 0 atom stereocenters. The fourth-order valence-corrected chi connectivity index (χ4v) is 4.74. The number of ether oxygens (including phenoxy) is 2. The highest BCUT2D eigenvalue weighted by Crippen LogP contribution is 2.35. The first-order chi connectivity index (χ1) is 18.6. The summed E-state index contributed by atoms with van der Waals surface area (Å²) >= 11 is 12.6. The minimum absolute atomic E-state index is 0.0503. The molecule has 0 unspecified atom stereocenters. The zero-order chi connectivity index (χ0) is 28.3. The lowest BCUT2D eigenvalue weighted by Crippen LogP contribution is -2.21. The Morgan fingerprint density at radius 3 is 2.46 bits per heavy atom. The summed E-state index contributed by atoms with van der Waals surface area (Å²) in [6.45, 7) is 7.97. The molecule has 202 valence electrons. The second-order valence-electron chi connectivity index (χ2n) is 9.10. The number of fused-ring (bicyclic) bond motifs is 1. The summed E-state index contributed by atoms with van der Waals surface area (Å²) < 4.78 is 12.3. The Balaban J connectivity index is 1.88. The molecule has 0 fully saturated rings. The van der Waals surface area contributed by atoms with E-state index >= 15 is 0 Å². The number of halogens is 2. The molecule has 39 heavy (non-hydrogen) atoms. The third kappa shape index (κ3) is 6.08. The normalized spacial score (nSPS) is 11.5. The smallest absolute Gasteiger partial charge is 0.341 e. The number of aryl methyl sites for hydroxylation is 1. The average Bonchev–Trinajstić information content (AvgIpc) is 2.87. The maximum absolute atomic E-state index is 13.6. The largest absolute Gasteiger partial charge is 0.494 e. The molecule has 0 saturated carbocycles. The van der Waals surface area contributed by atoms with Gasteiger partial charge in [0.15, 0.2) is 18.2 Å². The van der Waals surface area contributed by atoms with Gasteiger partial charge in [0, 0.05) is 5.56 Å². The molecule has 0 amide bonds. The lowest BCUT2D eigenvalue weighted by Gasteiger charge is -2.18. The first-order valence-corrected chi connectivity index (χ1v) is 13.0. The molecule has 8 nitrogen and oxygen atoms in total. The molecule has 0 spiro atoms. The van der Waals surface area contributed by atoms with E-state index in [0.29, 0.717) is 28.9 Å². The Morgan fingerprint density at radius 2 is 1.82 bits per heavy atom. The van der Waals surface area contributed by atoms with Crippen molar-refractivity contribution in [3.63, 3.8) is 0 Å². The van der Waals surface area contributed by atoms with Gasteiger partial charge in [-0.2, -0.15) is 9.78 Å². The lowest BCUT2D eigenvalue weighted by atomic mass is 9.96. The van der Waals surface area contributed by atoms with Crippen molar-refractivity contribution in [2.75, 3.05) is 13.2 Å². The van der Waals surface area contributed by atoms with E-state index in [9.17, 15) is 9.59 Å². The van der Waals surface area contributed by atoms with Crippen molar-refractivity contribution in [3.8, 4) is 22.9 Å². The maximum Gasteiger partial charge on any atom is 0.341 e.